The van der Waals surface area contributed by atoms with Gasteiger partial charge in [-0.3, -0.25) is 0 Å². The van der Waals surface area contributed by atoms with Gasteiger partial charge in [0.25, 0.3) is 0 Å². The standard InChI is InChI=1S/C12H24ClNO/c1-11(2-6-13)3-7-14-8-4-12(10-14)5-9-15/h11-12,15H,2-10H2,1H3. The Balaban J connectivity index is 2.08. The summed E-state index contributed by atoms with van der Waals surface area (Å²) in [7, 11) is 0. The van der Waals surface area contributed by atoms with E-state index in [0.29, 0.717) is 6.61 Å². The molecule has 0 spiro atoms. The summed E-state index contributed by atoms with van der Waals surface area (Å²) in [5.41, 5.74) is 0. The lowest BCUT2D eigenvalue weighted by Gasteiger charge is -2.18. The maximum atomic E-state index is 8.87. The monoisotopic (exact) mass is 233 g/mol. The van der Waals surface area contributed by atoms with E-state index in [-0.39, 0.29) is 0 Å². The van der Waals surface area contributed by atoms with Gasteiger partial charge in [-0.1, -0.05) is 6.92 Å². The molecule has 15 heavy (non-hydrogen) atoms. The Morgan fingerprint density at radius 2 is 2.27 bits per heavy atom. The van der Waals surface area contributed by atoms with Crippen molar-refractivity contribution in [1.82, 2.24) is 4.90 Å². The van der Waals surface area contributed by atoms with Gasteiger partial charge in [-0.05, 0) is 50.6 Å². The molecule has 0 aromatic rings. The quantitative estimate of drug-likeness (QED) is 0.683. The predicted molar refractivity (Wildman–Crippen MR) is 65.4 cm³/mol. The third-order valence-corrected chi connectivity index (χ3v) is 3.67. The molecule has 0 aromatic heterocycles. The van der Waals surface area contributed by atoms with E-state index in [0.717, 1.165) is 30.6 Å². The minimum Gasteiger partial charge on any atom is -0.396 e. The molecule has 1 aliphatic rings. The fourth-order valence-corrected chi connectivity index (χ4v) is 2.64. The molecular formula is C12H24ClNO. The van der Waals surface area contributed by atoms with Crippen LogP contribution < -0.4 is 0 Å². The lowest BCUT2D eigenvalue weighted by atomic mass is 10.0. The largest absolute Gasteiger partial charge is 0.396 e. The molecule has 0 amide bonds. The summed E-state index contributed by atoms with van der Waals surface area (Å²) < 4.78 is 0. The number of hydrogen-bond donors (Lipinski definition) is 1. The van der Waals surface area contributed by atoms with E-state index in [2.05, 4.69) is 11.8 Å². The third-order valence-electron chi connectivity index (χ3n) is 3.45. The van der Waals surface area contributed by atoms with Crippen LogP contribution >= 0.6 is 11.6 Å². The predicted octanol–water partition coefficient (Wildman–Crippen LogP) is 2.35. The zero-order chi connectivity index (χ0) is 11.1. The molecule has 0 aromatic carbocycles. The molecule has 3 heteroatoms. The highest BCUT2D eigenvalue weighted by atomic mass is 35.5. The first kappa shape index (κ1) is 13.3. The van der Waals surface area contributed by atoms with Gasteiger partial charge in [0.1, 0.15) is 0 Å². The topological polar surface area (TPSA) is 23.5 Å². The van der Waals surface area contributed by atoms with Crippen LogP contribution in [0.15, 0.2) is 0 Å². The van der Waals surface area contributed by atoms with Crippen LogP contribution in [-0.2, 0) is 0 Å². The second-order valence-electron chi connectivity index (χ2n) is 4.84. The summed E-state index contributed by atoms with van der Waals surface area (Å²) in [6, 6.07) is 0. The number of hydrogen-bond acceptors (Lipinski definition) is 2. The molecular weight excluding hydrogens is 210 g/mol. The maximum Gasteiger partial charge on any atom is 0.0434 e. The van der Waals surface area contributed by atoms with Crippen molar-refractivity contribution in [3.63, 3.8) is 0 Å². The van der Waals surface area contributed by atoms with Crippen molar-refractivity contribution >= 4 is 11.6 Å². The van der Waals surface area contributed by atoms with E-state index >= 15 is 0 Å². The van der Waals surface area contributed by atoms with Crippen LogP contribution in [0.4, 0.5) is 0 Å². The highest BCUT2D eigenvalue weighted by Crippen LogP contribution is 2.20. The molecule has 1 heterocycles. The molecule has 1 saturated heterocycles. The summed E-state index contributed by atoms with van der Waals surface area (Å²) in [6.45, 7) is 6.25. The van der Waals surface area contributed by atoms with Crippen LogP contribution in [0.2, 0.25) is 0 Å². The van der Waals surface area contributed by atoms with Crippen molar-refractivity contribution in [2.45, 2.75) is 32.6 Å². The lowest BCUT2D eigenvalue weighted by Crippen LogP contribution is -2.23. The maximum absolute atomic E-state index is 8.87. The van der Waals surface area contributed by atoms with Crippen molar-refractivity contribution in [1.29, 1.82) is 0 Å². The van der Waals surface area contributed by atoms with Gasteiger partial charge in [0, 0.05) is 19.0 Å². The Morgan fingerprint density at radius 3 is 2.93 bits per heavy atom. The fourth-order valence-electron chi connectivity index (χ4n) is 2.27. The molecule has 1 rings (SSSR count). The Bertz CT molecular complexity index is 166. The van der Waals surface area contributed by atoms with E-state index < -0.39 is 0 Å². The zero-order valence-corrected chi connectivity index (χ0v) is 10.5. The van der Waals surface area contributed by atoms with Crippen LogP contribution in [0, 0.1) is 11.8 Å². The molecule has 2 nitrogen and oxygen atoms in total. The summed E-state index contributed by atoms with van der Waals surface area (Å²) in [5, 5.41) is 8.87. The van der Waals surface area contributed by atoms with Crippen molar-refractivity contribution in [3.05, 3.63) is 0 Å². The number of halogens is 1. The van der Waals surface area contributed by atoms with Crippen LogP contribution in [-0.4, -0.2) is 42.1 Å². The van der Waals surface area contributed by atoms with Gasteiger partial charge >= 0.3 is 0 Å². The Morgan fingerprint density at radius 1 is 1.47 bits per heavy atom. The van der Waals surface area contributed by atoms with Crippen LogP contribution in [0.1, 0.15) is 32.6 Å². The van der Waals surface area contributed by atoms with Gasteiger partial charge in [-0.2, -0.15) is 0 Å². The SMILES string of the molecule is CC(CCCl)CCN1CCC(CCO)C1. The lowest BCUT2D eigenvalue weighted by molar-refractivity contribution is 0.247. The molecule has 1 fully saturated rings. The Labute approximate surface area is 98.6 Å². The molecule has 0 bridgehead atoms. The molecule has 1 aliphatic heterocycles. The molecule has 2 atom stereocenters. The van der Waals surface area contributed by atoms with Crippen molar-refractivity contribution in [2.24, 2.45) is 11.8 Å². The minimum atomic E-state index is 0.348. The smallest absolute Gasteiger partial charge is 0.0434 e. The third kappa shape index (κ3) is 5.19. The Kier molecular flexibility index (Phi) is 6.62. The second-order valence-corrected chi connectivity index (χ2v) is 5.22. The summed E-state index contributed by atoms with van der Waals surface area (Å²) in [6.07, 6.45) is 4.65. The number of aliphatic hydroxyl groups excluding tert-OH is 1. The van der Waals surface area contributed by atoms with Crippen LogP contribution in [0.25, 0.3) is 0 Å². The van der Waals surface area contributed by atoms with Gasteiger partial charge in [-0.15, -0.1) is 11.6 Å². The molecule has 0 radical (unpaired) electrons. The average Bonchev–Trinajstić information content (AvgIpc) is 2.64. The fraction of sp³-hybridized carbons (Fsp3) is 1.00. The number of likely N-dealkylation sites (tertiary alicyclic amines) is 1. The molecule has 2 unspecified atom stereocenters. The van der Waals surface area contributed by atoms with Gasteiger partial charge < -0.3 is 10.0 Å². The first-order valence-electron chi connectivity index (χ1n) is 6.15. The van der Waals surface area contributed by atoms with Crippen molar-refractivity contribution in [3.8, 4) is 0 Å². The highest BCUT2D eigenvalue weighted by molar-refractivity contribution is 6.17. The average molecular weight is 234 g/mol. The van der Waals surface area contributed by atoms with E-state index in [4.69, 9.17) is 16.7 Å². The molecule has 0 aliphatic carbocycles. The van der Waals surface area contributed by atoms with Crippen LogP contribution in [0.5, 0.6) is 0 Å². The second kappa shape index (κ2) is 7.48. The van der Waals surface area contributed by atoms with Crippen molar-refractivity contribution < 1.29 is 5.11 Å². The van der Waals surface area contributed by atoms with E-state index in [1.165, 1.54) is 32.5 Å². The number of aliphatic hydroxyl groups is 1. The number of nitrogens with zero attached hydrogens (tertiary/aromatic N) is 1. The van der Waals surface area contributed by atoms with Gasteiger partial charge in [0.05, 0.1) is 0 Å². The highest BCUT2D eigenvalue weighted by Gasteiger charge is 2.21. The number of rotatable bonds is 7. The van der Waals surface area contributed by atoms with E-state index in [1.807, 2.05) is 0 Å². The Hall–Kier alpha value is 0.210. The summed E-state index contributed by atoms with van der Waals surface area (Å²) in [5.74, 6) is 2.27. The van der Waals surface area contributed by atoms with Gasteiger partial charge in [0.15, 0.2) is 0 Å². The van der Waals surface area contributed by atoms with Crippen LogP contribution in [0.3, 0.4) is 0 Å². The molecule has 1 N–H and O–H groups in total. The van der Waals surface area contributed by atoms with Gasteiger partial charge in [0.2, 0.25) is 0 Å². The first-order chi connectivity index (χ1) is 7.26. The van der Waals surface area contributed by atoms with E-state index in [1.54, 1.807) is 0 Å². The summed E-state index contributed by atoms with van der Waals surface area (Å²) in [4.78, 5) is 2.53. The van der Waals surface area contributed by atoms with Gasteiger partial charge in [-0.25, -0.2) is 0 Å². The number of alkyl halides is 1. The zero-order valence-electron chi connectivity index (χ0n) is 9.79. The van der Waals surface area contributed by atoms with Crippen molar-refractivity contribution in [2.75, 3.05) is 32.1 Å². The normalized spacial score (nSPS) is 24.6. The molecule has 90 valence electrons. The minimum absolute atomic E-state index is 0.348. The molecule has 0 saturated carbocycles. The van der Waals surface area contributed by atoms with E-state index in [9.17, 15) is 0 Å². The summed E-state index contributed by atoms with van der Waals surface area (Å²) >= 11 is 5.71. The first-order valence-corrected chi connectivity index (χ1v) is 6.69.